The molecule has 2 aliphatic heterocycles. The zero-order valence-electron chi connectivity index (χ0n) is 10.9. The molecule has 0 N–H and O–H groups in total. The van der Waals surface area contributed by atoms with Gasteiger partial charge in [0.15, 0.2) is 0 Å². The lowest BCUT2D eigenvalue weighted by Gasteiger charge is -2.35. The molecule has 1 aromatic carbocycles. The van der Waals surface area contributed by atoms with Crippen LogP contribution in [-0.2, 0) is 16.0 Å². The maximum absolute atomic E-state index is 13.6. The van der Waals surface area contributed by atoms with E-state index in [1.54, 1.807) is 39.8 Å². The highest BCUT2D eigenvalue weighted by atomic mass is 32.2. The maximum Gasteiger partial charge on any atom is 0.246 e. The lowest BCUT2D eigenvalue weighted by atomic mass is 10.1. The van der Waals surface area contributed by atoms with Gasteiger partial charge in [-0.2, -0.15) is 0 Å². The molecule has 0 saturated carbocycles. The topological polar surface area (TPSA) is 40.6 Å². The number of hydrogen-bond donors (Lipinski definition) is 0. The van der Waals surface area contributed by atoms with Crippen molar-refractivity contribution in [3.8, 4) is 0 Å². The van der Waals surface area contributed by atoms with Crippen LogP contribution in [0.4, 0.5) is 4.39 Å². The van der Waals surface area contributed by atoms with Gasteiger partial charge in [0.1, 0.15) is 11.9 Å². The molecule has 2 heterocycles. The minimum Gasteiger partial charge on any atom is -0.331 e. The van der Waals surface area contributed by atoms with Gasteiger partial charge >= 0.3 is 0 Å². The van der Waals surface area contributed by atoms with E-state index in [1.165, 1.54) is 6.07 Å². The molecule has 3 rings (SSSR count). The molecule has 2 amide bonds. The summed E-state index contributed by atoms with van der Waals surface area (Å²) in [5, 5.41) is 0. The van der Waals surface area contributed by atoms with Crippen molar-refractivity contribution in [2.75, 3.05) is 24.7 Å². The standard InChI is InChI=1S/C14H15FN2O2S/c15-11-4-2-1-3-10(11)5-6-16-7-13(18)17-9-20-8-12(17)14(16)19/h1-4,12H,5-9H2/t12-/m0/s1. The van der Waals surface area contributed by atoms with Crippen molar-refractivity contribution >= 4 is 23.6 Å². The highest BCUT2D eigenvalue weighted by Crippen LogP contribution is 2.26. The summed E-state index contributed by atoms with van der Waals surface area (Å²) in [5.41, 5.74) is 0.580. The van der Waals surface area contributed by atoms with Crippen LogP contribution >= 0.6 is 11.8 Å². The second-order valence-corrected chi connectivity index (χ2v) is 5.98. The van der Waals surface area contributed by atoms with Crippen molar-refractivity contribution in [1.29, 1.82) is 0 Å². The number of hydrogen-bond acceptors (Lipinski definition) is 3. The van der Waals surface area contributed by atoms with Gasteiger partial charge in [0.25, 0.3) is 0 Å². The first-order valence-electron chi connectivity index (χ1n) is 6.56. The van der Waals surface area contributed by atoms with E-state index in [0.29, 0.717) is 30.2 Å². The maximum atomic E-state index is 13.6. The van der Waals surface area contributed by atoms with Crippen LogP contribution in [0.5, 0.6) is 0 Å². The fourth-order valence-corrected chi connectivity index (χ4v) is 3.75. The third-order valence-corrected chi connectivity index (χ3v) is 4.75. The number of carbonyl (C=O) groups excluding carboxylic acids is 2. The summed E-state index contributed by atoms with van der Waals surface area (Å²) >= 11 is 1.60. The summed E-state index contributed by atoms with van der Waals surface area (Å²) in [7, 11) is 0. The van der Waals surface area contributed by atoms with Crippen LogP contribution in [0.15, 0.2) is 24.3 Å². The molecular formula is C14H15FN2O2S. The summed E-state index contributed by atoms with van der Waals surface area (Å²) in [6, 6.07) is 6.22. The molecule has 0 unspecified atom stereocenters. The van der Waals surface area contributed by atoms with Crippen molar-refractivity contribution in [2.24, 2.45) is 0 Å². The van der Waals surface area contributed by atoms with Crippen LogP contribution in [0.2, 0.25) is 0 Å². The number of halogens is 1. The van der Waals surface area contributed by atoms with Crippen molar-refractivity contribution in [2.45, 2.75) is 12.5 Å². The quantitative estimate of drug-likeness (QED) is 0.838. The van der Waals surface area contributed by atoms with E-state index in [1.807, 2.05) is 0 Å². The van der Waals surface area contributed by atoms with E-state index >= 15 is 0 Å². The predicted molar refractivity (Wildman–Crippen MR) is 74.6 cm³/mol. The molecule has 0 spiro atoms. The van der Waals surface area contributed by atoms with Crippen LogP contribution in [0.3, 0.4) is 0 Å². The summed E-state index contributed by atoms with van der Waals surface area (Å²) < 4.78 is 13.6. The summed E-state index contributed by atoms with van der Waals surface area (Å²) in [6.45, 7) is 0.505. The third kappa shape index (κ3) is 2.40. The van der Waals surface area contributed by atoms with Gasteiger partial charge in [0.2, 0.25) is 11.8 Å². The molecule has 0 bridgehead atoms. The minimum atomic E-state index is -0.318. The molecule has 20 heavy (non-hydrogen) atoms. The Hall–Kier alpha value is -1.56. The Morgan fingerprint density at radius 2 is 2.10 bits per heavy atom. The molecule has 2 fully saturated rings. The Morgan fingerprint density at radius 1 is 1.30 bits per heavy atom. The Bertz CT molecular complexity index is 552. The van der Waals surface area contributed by atoms with Crippen LogP contribution in [0, 0.1) is 5.82 Å². The van der Waals surface area contributed by atoms with Crippen LogP contribution in [0.25, 0.3) is 0 Å². The lowest BCUT2D eigenvalue weighted by molar-refractivity contribution is -0.153. The van der Waals surface area contributed by atoms with Crippen molar-refractivity contribution in [3.63, 3.8) is 0 Å². The number of piperazine rings is 1. The number of nitrogens with zero attached hydrogens (tertiary/aromatic N) is 2. The van der Waals surface area contributed by atoms with Gasteiger partial charge in [-0.1, -0.05) is 18.2 Å². The number of amides is 2. The number of carbonyl (C=O) groups is 2. The average molecular weight is 294 g/mol. The number of thioether (sulfide) groups is 1. The monoisotopic (exact) mass is 294 g/mol. The van der Waals surface area contributed by atoms with Crippen LogP contribution in [0.1, 0.15) is 5.56 Å². The van der Waals surface area contributed by atoms with Gasteiger partial charge in [0.05, 0.1) is 12.4 Å². The van der Waals surface area contributed by atoms with Crippen LogP contribution in [-0.4, -0.2) is 52.4 Å². The first-order valence-corrected chi connectivity index (χ1v) is 7.71. The number of benzene rings is 1. The highest BCUT2D eigenvalue weighted by molar-refractivity contribution is 7.99. The second kappa shape index (κ2) is 5.44. The average Bonchev–Trinajstić information content (AvgIpc) is 2.93. The molecule has 2 saturated heterocycles. The van der Waals surface area contributed by atoms with Gasteiger partial charge < -0.3 is 9.80 Å². The van der Waals surface area contributed by atoms with E-state index in [0.717, 1.165) is 0 Å². The molecule has 106 valence electrons. The van der Waals surface area contributed by atoms with Gasteiger partial charge in [-0.15, -0.1) is 11.8 Å². The Kier molecular flexibility index (Phi) is 3.65. The van der Waals surface area contributed by atoms with Gasteiger partial charge in [-0.3, -0.25) is 9.59 Å². The molecule has 0 radical (unpaired) electrons. The molecule has 0 aromatic heterocycles. The molecule has 1 atom stereocenters. The van der Waals surface area contributed by atoms with Crippen molar-refractivity contribution in [3.05, 3.63) is 35.6 Å². The number of rotatable bonds is 3. The van der Waals surface area contributed by atoms with E-state index in [-0.39, 0.29) is 30.2 Å². The van der Waals surface area contributed by atoms with Gasteiger partial charge in [-0.05, 0) is 18.1 Å². The zero-order chi connectivity index (χ0) is 14.1. The fourth-order valence-electron chi connectivity index (χ4n) is 2.58. The third-order valence-electron chi connectivity index (χ3n) is 3.73. The molecular weight excluding hydrogens is 279 g/mol. The number of fused-ring (bicyclic) bond motifs is 1. The molecule has 6 heteroatoms. The Balaban J connectivity index is 1.67. The van der Waals surface area contributed by atoms with Crippen LogP contribution < -0.4 is 0 Å². The second-order valence-electron chi connectivity index (χ2n) is 4.98. The fraction of sp³-hybridized carbons (Fsp3) is 0.429. The Labute approximate surface area is 120 Å². The SMILES string of the molecule is O=C1[C@@H]2CSCN2C(=O)CN1CCc1ccccc1F. The van der Waals surface area contributed by atoms with Crippen molar-refractivity contribution in [1.82, 2.24) is 9.80 Å². The summed E-state index contributed by atoms with van der Waals surface area (Å²) in [6.07, 6.45) is 0.436. The van der Waals surface area contributed by atoms with Crippen molar-refractivity contribution < 1.29 is 14.0 Å². The van der Waals surface area contributed by atoms with Gasteiger partial charge in [0, 0.05) is 12.3 Å². The highest BCUT2D eigenvalue weighted by Gasteiger charge is 2.42. The molecule has 1 aromatic rings. The van der Waals surface area contributed by atoms with Gasteiger partial charge in [-0.25, -0.2) is 4.39 Å². The summed E-state index contributed by atoms with van der Waals surface area (Å²) in [4.78, 5) is 27.4. The normalized spacial score (nSPS) is 22.4. The molecule has 0 aliphatic carbocycles. The smallest absolute Gasteiger partial charge is 0.246 e. The molecule has 2 aliphatic rings. The Morgan fingerprint density at radius 3 is 2.90 bits per heavy atom. The zero-order valence-corrected chi connectivity index (χ0v) is 11.7. The summed E-state index contributed by atoms with van der Waals surface area (Å²) in [5.74, 6) is 0.998. The molecule has 4 nitrogen and oxygen atoms in total. The van der Waals surface area contributed by atoms with E-state index in [4.69, 9.17) is 0 Å². The first-order chi connectivity index (χ1) is 9.66. The predicted octanol–water partition coefficient (Wildman–Crippen LogP) is 1.11. The van der Waals surface area contributed by atoms with E-state index < -0.39 is 0 Å². The first kappa shape index (κ1) is 13.4. The lowest BCUT2D eigenvalue weighted by Crippen LogP contribution is -2.58. The van der Waals surface area contributed by atoms with E-state index in [9.17, 15) is 14.0 Å². The minimum absolute atomic E-state index is 0.00636. The largest absolute Gasteiger partial charge is 0.331 e. The van der Waals surface area contributed by atoms with E-state index in [2.05, 4.69) is 0 Å².